The number of rotatable bonds is 6. The summed E-state index contributed by atoms with van der Waals surface area (Å²) in [7, 11) is 0. The molecule has 0 fully saturated rings. The molecule has 47 heavy (non-hydrogen) atoms. The van der Waals surface area contributed by atoms with Crippen LogP contribution in [0, 0.1) is 12.7 Å². The van der Waals surface area contributed by atoms with Gasteiger partial charge in [-0.25, -0.2) is 0 Å². The Morgan fingerprint density at radius 2 is 1.40 bits per heavy atom. The minimum absolute atomic E-state index is 0. The normalized spacial score (nSPS) is 12.8. The van der Waals surface area contributed by atoms with Crippen molar-refractivity contribution in [2.24, 2.45) is 0 Å². The van der Waals surface area contributed by atoms with Crippen molar-refractivity contribution in [1.82, 2.24) is 9.55 Å². The quantitative estimate of drug-likeness (QED) is 0.170. The van der Waals surface area contributed by atoms with E-state index in [9.17, 15) is 5.11 Å². The Balaban J connectivity index is 0.00000351. The van der Waals surface area contributed by atoms with Gasteiger partial charge in [-0.3, -0.25) is 4.98 Å². The van der Waals surface area contributed by atoms with Gasteiger partial charge in [0.1, 0.15) is 11.3 Å². The Bertz CT molecular complexity index is 2220. The molecule has 0 saturated carbocycles. The molecular formula is C40H34N4O2Pt. The number of anilines is 4. The van der Waals surface area contributed by atoms with E-state index in [1.807, 2.05) is 60.2 Å². The molecule has 0 unspecified atom stereocenters. The molecule has 7 heteroatoms. The van der Waals surface area contributed by atoms with Crippen molar-refractivity contribution in [3.63, 3.8) is 0 Å². The molecular weight excluding hydrogens is 764 g/mol. The van der Waals surface area contributed by atoms with Crippen LogP contribution in [0.25, 0.3) is 39.0 Å². The van der Waals surface area contributed by atoms with Gasteiger partial charge in [-0.05, 0) is 53.3 Å². The van der Waals surface area contributed by atoms with Crippen molar-refractivity contribution >= 4 is 44.7 Å². The van der Waals surface area contributed by atoms with Crippen LogP contribution in [0.3, 0.4) is 0 Å². The van der Waals surface area contributed by atoms with Crippen LogP contribution in [-0.4, -0.2) is 14.7 Å². The van der Waals surface area contributed by atoms with E-state index in [0.29, 0.717) is 23.1 Å². The number of nitrogens with zero attached hydrogens (tertiary/aromatic N) is 4. The van der Waals surface area contributed by atoms with Crippen molar-refractivity contribution in [2.45, 2.75) is 39.5 Å². The fourth-order valence-electron chi connectivity index (χ4n) is 6.68. The minimum atomic E-state index is 0. The molecule has 0 amide bonds. The van der Waals surface area contributed by atoms with Crippen LogP contribution in [0.15, 0.2) is 114 Å². The first kappa shape index (κ1) is 30.8. The molecule has 1 aliphatic heterocycles. The molecule has 0 aliphatic carbocycles. The molecule has 0 radical (unpaired) electrons. The van der Waals surface area contributed by atoms with E-state index in [-0.39, 0.29) is 26.8 Å². The van der Waals surface area contributed by atoms with Gasteiger partial charge in [0, 0.05) is 40.2 Å². The molecule has 1 N–H and O–H groups in total. The molecule has 5 aromatic carbocycles. The average Bonchev–Trinajstić information content (AvgIpc) is 3.80. The summed E-state index contributed by atoms with van der Waals surface area (Å²) >= 11 is 0. The maximum absolute atomic E-state index is 11.2. The first-order chi connectivity index (χ1) is 22.4. The molecule has 236 valence electrons. The number of benzene rings is 5. The first-order valence-electron chi connectivity index (χ1n) is 15.8. The summed E-state index contributed by atoms with van der Waals surface area (Å²) < 4.78 is 8.57. The predicted molar refractivity (Wildman–Crippen MR) is 186 cm³/mol. The third-order valence-corrected chi connectivity index (χ3v) is 8.88. The van der Waals surface area contributed by atoms with Gasteiger partial charge in [0.2, 0.25) is 0 Å². The van der Waals surface area contributed by atoms with E-state index >= 15 is 0 Å². The molecule has 3 heterocycles. The van der Waals surface area contributed by atoms with Crippen molar-refractivity contribution in [3.8, 4) is 22.8 Å². The summed E-state index contributed by atoms with van der Waals surface area (Å²) in [6, 6.07) is 36.2. The zero-order valence-corrected chi connectivity index (χ0v) is 28.9. The van der Waals surface area contributed by atoms with Gasteiger partial charge in [-0.1, -0.05) is 81.9 Å². The molecule has 6 nitrogen and oxygen atoms in total. The second-order valence-electron chi connectivity index (χ2n) is 12.4. The summed E-state index contributed by atoms with van der Waals surface area (Å²) in [5.74, 6) is 1.69. The first-order valence-corrected chi connectivity index (χ1v) is 15.8. The summed E-state index contributed by atoms with van der Waals surface area (Å²) in [5, 5.41) is 13.2. The van der Waals surface area contributed by atoms with Gasteiger partial charge in [0.25, 0.3) is 0 Å². The van der Waals surface area contributed by atoms with E-state index in [0.717, 1.165) is 44.8 Å². The Kier molecular flexibility index (Phi) is 7.93. The molecule has 2 aromatic heterocycles. The molecule has 0 saturated heterocycles. The van der Waals surface area contributed by atoms with E-state index in [2.05, 4.69) is 98.0 Å². The van der Waals surface area contributed by atoms with Crippen molar-refractivity contribution in [1.29, 1.82) is 0 Å². The molecule has 1 aliphatic rings. The van der Waals surface area contributed by atoms with Gasteiger partial charge in [0.15, 0.2) is 5.58 Å². The molecule has 0 spiro atoms. The van der Waals surface area contributed by atoms with E-state index in [1.54, 1.807) is 6.07 Å². The number of phenolic OH excluding ortho intramolecular Hbond substituents is 1. The number of hydrogen-bond donors (Lipinski definition) is 1. The zero-order valence-electron chi connectivity index (χ0n) is 26.6. The summed E-state index contributed by atoms with van der Waals surface area (Å²) in [6.45, 7) is 11.0. The largest absolute Gasteiger partial charge is 2.00 e. The third-order valence-electron chi connectivity index (χ3n) is 8.88. The fraction of sp³-hybridized carbons (Fsp3) is 0.150. The summed E-state index contributed by atoms with van der Waals surface area (Å²) in [4.78, 5) is 8.96. The Morgan fingerprint density at radius 1 is 0.723 bits per heavy atom. The second-order valence-corrected chi connectivity index (χ2v) is 12.4. The number of para-hydroxylation sites is 4. The summed E-state index contributed by atoms with van der Waals surface area (Å²) in [6.07, 6.45) is 3.92. The Labute approximate surface area is 289 Å². The Hall–Kier alpha value is -4.80. The van der Waals surface area contributed by atoms with Gasteiger partial charge in [0.05, 0.1) is 11.5 Å². The predicted octanol–water partition coefficient (Wildman–Crippen LogP) is 10.6. The monoisotopic (exact) mass is 797 g/mol. The number of aromatic hydroxyl groups is 1. The van der Waals surface area contributed by atoms with E-state index in [4.69, 9.17) is 9.40 Å². The summed E-state index contributed by atoms with van der Waals surface area (Å²) in [5.41, 5.74) is 9.44. The van der Waals surface area contributed by atoms with Crippen LogP contribution >= 0.6 is 0 Å². The topological polar surface area (TPSA) is 57.7 Å². The van der Waals surface area contributed by atoms with E-state index in [1.165, 1.54) is 16.8 Å². The van der Waals surface area contributed by atoms with Crippen molar-refractivity contribution < 1.29 is 30.6 Å². The second kappa shape index (κ2) is 12.1. The van der Waals surface area contributed by atoms with Crippen LogP contribution < -0.4 is 9.80 Å². The van der Waals surface area contributed by atoms with Gasteiger partial charge in [-0.15, -0.1) is 36.5 Å². The number of hydrogen-bond acceptors (Lipinski definition) is 5. The minimum Gasteiger partial charge on any atom is -0.506 e. The van der Waals surface area contributed by atoms with Crippen LogP contribution in [0.4, 0.5) is 22.7 Å². The van der Waals surface area contributed by atoms with Crippen LogP contribution in [-0.2, 0) is 21.1 Å². The zero-order chi connectivity index (χ0) is 31.5. The average molecular weight is 798 g/mol. The van der Waals surface area contributed by atoms with Crippen LogP contribution in [0.1, 0.15) is 50.7 Å². The van der Waals surface area contributed by atoms with Gasteiger partial charge >= 0.3 is 21.1 Å². The molecule has 0 atom stereocenters. The number of aromatic nitrogens is 2. The number of fused-ring (bicyclic) bond motifs is 4. The SMILES string of the molecule is CC(C)c1cccc(C(C)C)c1-n1ccnc1-c1[c-]c(N2[CH-]N(c3c(O)ccc4c3oc3ccccc34)c3ccccc32)ccc1.[Pt+2]. The standard InChI is InChI=1S/C40H34N4O2.Pt/c1-25(2)29-14-10-15-30(26(3)4)37(29)42-22-21-41-40(42)27-11-9-12-28(23-27)43-24-44(34-17-7-6-16-33(34)43)38-35(45)20-19-32-31-13-5-8-18-36(31)46-39(32)38;/h5-22,24-26,45H,1-4H3;/q-2;+2. The maximum Gasteiger partial charge on any atom is 2.00 e. The molecule has 8 rings (SSSR count). The smallest absolute Gasteiger partial charge is 0.506 e. The maximum atomic E-state index is 11.2. The van der Waals surface area contributed by atoms with Crippen LogP contribution in [0.5, 0.6) is 5.75 Å². The molecule has 0 bridgehead atoms. The number of furan rings is 1. The van der Waals surface area contributed by atoms with Gasteiger partial charge < -0.3 is 23.9 Å². The van der Waals surface area contributed by atoms with Crippen LogP contribution in [0.2, 0.25) is 0 Å². The third kappa shape index (κ3) is 5.03. The fourth-order valence-corrected chi connectivity index (χ4v) is 6.68. The number of imidazole rings is 1. The number of phenols is 1. The van der Waals surface area contributed by atoms with Crippen molar-refractivity contribution in [3.05, 3.63) is 133 Å². The van der Waals surface area contributed by atoms with Crippen molar-refractivity contribution in [2.75, 3.05) is 9.80 Å². The molecule has 7 aromatic rings. The Morgan fingerprint density at radius 3 is 2.15 bits per heavy atom. The van der Waals surface area contributed by atoms with Gasteiger partial charge in [-0.2, -0.15) is 0 Å². The van der Waals surface area contributed by atoms with E-state index < -0.39 is 0 Å².